The van der Waals surface area contributed by atoms with Crippen molar-refractivity contribution < 1.29 is 29.6 Å². The van der Waals surface area contributed by atoms with Crippen LogP contribution in [-0.4, -0.2) is 57.9 Å². The number of carboxylic acids is 1. The lowest BCUT2D eigenvalue weighted by Crippen LogP contribution is -2.20. The Kier molecular flexibility index (Phi) is 10.7. The lowest BCUT2D eigenvalue weighted by Gasteiger charge is -2.18. The highest BCUT2D eigenvalue weighted by Crippen LogP contribution is 2.34. The zero-order valence-corrected chi connectivity index (χ0v) is 19.1. The number of carbonyl (C=O) groups excluding carboxylic acids is 1. The monoisotopic (exact) mass is 450 g/mol. The SMILES string of the molecule is COCc1cccc(C[C@H](O)/C=C/[C@H]2[C@H](O)CC(=O)[C@@H]2CCSCCC(C)C(=O)O)c1. The number of hydrogen-bond acceptors (Lipinski definition) is 6. The molecule has 0 radical (unpaired) electrons. The Morgan fingerprint density at radius 1 is 1.32 bits per heavy atom. The Bertz CT molecular complexity index is 749. The first-order chi connectivity index (χ1) is 14.8. The number of thioether (sulfide) groups is 1. The van der Waals surface area contributed by atoms with Crippen LogP contribution in [0.4, 0.5) is 0 Å². The molecular weight excluding hydrogens is 416 g/mol. The number of aliphatic hydroxyl groups excluding tert-OH is 2. The van der Waals surface area contributed by atoms with E-state index in [0.717, 1.165) is 22.6 Å². The van der Waals surface area contributed by atoms with Gasteiger partial charge in [0.05, 0.1) is 24.7 Å². The minimum Gasteiger partial charge on any atom is -0.481 e. The fraction of sp³-hybridized carbons (Fsp3) is 0.583. The molecule has 0 heterocycles. The summed E-state index contributed by atoms with van der Waals surface area (Å²) in [6.45, 7) is 2.21. The van der Waals surface area contributed by atoms with E-state index >= 15 is 0 Å². The molecule has 172 valence electrons. The molecule has 1 aliphatic rings. The molecule has 1 aromatic rings. The van der Waals surface area contributed by atoms with E-state index in [2.05, 4.69) is 0 Å². The van der Waals surface area contributed by atoms with Gasteiger partial charge in [-0.1, -0.05) is 43.3 Å². The number of rotatable bonds is 13. The van der Waals surface area contributed by atoms with Crippen LogP contribution in [0.3, 0.4) is 0 Å². The molecule has 0 aliphatic heterocycles. The number of aliphatic hydroxyl groups is 2. The van der Waals surface area contributed by atoms with Gasteiger partial charge in [0.2, 0.25) is 0 Å². The average molecular weight is 451 g/mol. The van der Waals surface area contributed by atoms with E-state index in [0.29, 0.717) is 25.9 Å². The number of ketones is 1. The van der Waals surface area contributed by atoms with Crippen LogP contribution >= 0.6 is 11.8 Å². The van der Waals surface area contributed by atoms with Crippen molar-refractivity contribution in [3.05, 3.63) is 47.5 Å². The Hall–Kier alpha value is -1.67. The fourth-order valence-electron chi connectivity index (χ4n) is 3.87. The van der Waals surface area contributed by atoms with Crippen molar-refractivity contribution in [2.24, 2.45) is 17.8 Å². The largest absolute Gasteiger partial charge is 0.481 e. The van der Waals surface area contributed by atoms with Gasteiger partial charge in [0.25, 0.3) is 0 Å². The van der Waals surface area contributed by atoms with Crippen molar-refractivity contribution in [2.45, 2.75) is 51.4 Å². The highest BCUT2D eigenvalue weighted by Gasteiger charge is 2.39. The lowest BCUT2D eigenvalue weighted by atomic mass is 9.91. The van der Waals surface area contributed by atoms with Crippen LogP contribution < -0.4 is 0 Å². The highest BCUT2D eigenvalue weighted by atomic mass is 32.2. The molecule has 5 atom stereocenters. The number of hydrogen-bond donors (Lipinski definition) is 3. The van der Waals surface area contributed by atoms with Gasteiger partial charge in [0.15, 0.2) is 0 Å². The number of aliphatic carboxylic acids is 1. The van der Waals surface area contributed by atoms with Crippen molar-refractivity contribution in [1.82, 2.24) is 0 Å². The summed E-state index contributed by atoms with van der Waals surface area (Å²) in [5.74, 6) is -0.164. The molecule has 1 fully saturated rings. The zero-order chi connectivity index (χ0) is 22.8. The van der Waals surface area contributed by atoms with E-state index in [-0.39, 0.29) is 30.0 Å². The zero-order valence-electron chi connectivity index (χ0n) is 18.3. The molecule has 2 rings (SSSR count). The van der Waals surface area contributed by atoms with Crippen LogP contribution in [0.1, 0.15) is 37.3 Å². The van der Waals surface area contributed by atoms with Crippen LogP contribution in [0, 0.1) is 17.8 Å². The summed E-state index contributed by atoms with van der Waals surface area (Å²) in [4.78, 5) is 23.2. The van der Waals surface area contributed by atoms with Crippen LogP contribution in [0.5, 0.6) is 0 Å². The molecule has 7 heteroatoms. The molecule has 31 heavy (non-hydrogen) atoms. The Balaban J connectivity index is 1.85. The molecule has 0 spiro atoms. The Morgan fingerprint density at radius 2 is 2.06 bits per heavy atom. The van der Waals surface area contributed by atoms with E-state index in [9.17, 15) is 19.8 Å². The first-order valence-electron chi connectivity index (χ1n) is 10.8. The molecule has 1 aromatic carbocycles. The lowest BCUT2D eigenvalue weighted by molar-refractivity contribution is -0.141. The molecule has 0 aromatic heterocycles. The summed E-state index contributed by atoms with van der Waals surface area (Å²) in [7, 11) is 1.64. The summed E-state index contributed by atoms with van der Waals surface area (Å²) in [5.41, 5.74) is 2.04. The van der Waals surface area contributed by atoms with Crippen LogP contribution in [0.15, 0.2) is 36.4 Å². The number of benzene rings is 1. The highest BCUT2D eigenvalue weighted by molar-refractivity contribution is 7.99. The summed E-state index contributed by atoms with van der Waals surface area (Å²) < 4.78 is 5.14. The molecule has 0 amide bonds. The number of ether oxygens (including phenoxy) is 1. The fourth-order valence-corrected chi connectivity index (χ4v) is 5.01. The van der Waals surface area contributed by atoms with Gasteiger partial charge in [-0.05, 0) is 35.5 Å². The van der Waals surface area contributed by atoms with Gasteiger partial charge in [0, 0.05) is 31.8 Å². The van der Waals surface area contributed by atoms with Crippen LogP contribution in [-0.2, 0) is 27.4 Å². The topological polar surface area (TPSA) is 104 Å². The van der Waals surface area contributed by atoms with Gasteiger partial charge in [-0.15, -0.1) is 0 Å². The summed E-state index contributed by atoms with van der Waals surface area (Å²) in [6, 6.07) is 7.86. The number of carbonyl (C=O) groups is 2. The minimum atomic E-state index is -0.788. The molecule has 0 bridgehead atoms. The molecule has 0 saturated heterocycles. The maximum atomic E-state index is 12.3. The number of methoxy groups -OCH3 is 1. The predicted octanol–water partition coefficient (Wildman–Crippen LogP) is 3.09. The third-order valence-corrected chi connectivity index (χ3v) is 6.77. The molecule has 1 saturated carbocycles. The van der Waals surface area contributed by atoms with Crippen molar-refractivity contribution in [3.63, 3.8) is 0 Å². The second kappa shape index (κ2) is 13.0. The molecule has 1 aliphatic carbocycles. The number of Topliss-reactive ketones (excluding diaryl/α,β-unsaturated/α-hetero) is 1. The Morgan fingerprint density at radius 3 is 2.77 bits per heavy atom. The summed E-state index contributed by atoms with van der Waals surface area (Å²) in [6.07, 6.45) is 3.90. The second-order valence-electron chi connectivity index (χ2n) is 8.26. The maximum absolute atomic E-state index is 12.3. The quantitative estimate of drug-likeness (QED) is 0.313. The van der Waals surface area contributed by atoms with Crippen LogP contribution in [0.2, 0.25) is 0 Å². The standard InChI is InChI=1S/C24H34O6S/c1-16(24(28)29)8-10-31-11-9-21-20(22(26)14-23(21)27)7-6-19(25)13-17-4-3-5-18(12-17)15-30-2/h3-7,12,16,19-22,25-26H,8-11,13-15H2,1-2H3,(H,28,29)/b7-6+/t16?,19-,20-,21-,22-/m1/s1. The number of carboxylic acid groups (broad SMARTS) is 1. The van der Waals surface area contributed by atoms with Gasteiger partial charge in [-0.3, -0.25) is 9.59 Å². The van der Waals surface area contributed by atoms with Gasteiger partial charge >= 0.3 is 5.97 Å². The van der Waals surface area contributed by atoms with E-state index in [1.807, 2.05) is 24.3 Å². The average Bonchev–Trinajstić information content (AvgIpc) is 2.98. The van der Waals surface area contributed by atoms with Crippen molar-refractivity contribution in [3.8, 4) is 0 Å². The predicted molar refractivity (Wildman–Crippen MR) is 122 cm³/mol. The van der Waals surface area contributed by atoms with E-state index in [4.69, 9.17) is 9.84 Å². The van der Waals surface area contributed by atoms with Crippen LogP contribution in [0.25, 0.3) is 0 Å². The van der Waals surface area contributed by atoms with Crippen molar-refractivity contribution >= 4 is 23.5 Å². The third-order valence-electron chi connectivity index (χ3n) is 5.73. The van der Waals surface area contributed by atoms with E-state index in [1.54, 1.807) is 37.9 Å². The Labute approximate surface area is 188 Å². The molecule has 3 N–H and O–H groups in total. The second-order valence-corrected chi connectivity index (χ2v) is 9.48. The smallest absolute Gasteiger partial charge is 0.306 e. The van der Waals surface area contributed by atoms with Gasteiger partial charge in [0.1, 0.15) is 5.78 Å². The van der Waals surface area contributed by atoms with Gasteiger partial charge in [-0.25, -0.2) is 0 Å². The first-order valence-corrected chi connectivity index (χ1v) is 11.9. The van der Waals surface area contributed by atoms with Crippen molar-refractivity contribution in [2.75, 3.05) is 18.6 Å². The van der Waals surface area contributed by atoms with E-state index < -0.39 is 18.2 Å². The first kappa shape index (κ1) is 25.6. The molecule has 1 unspecified atom stereocenters. The normalized spacial score (nSPS) is 23.4. The van der Waals surface area contributed by atoms with Gasteiger partial charge < -0.3 is 20.1 Å². The third kappa shape index (κ3) is 8.41. The van der Waals surface area contributed by atoms with Gasteiger partial charge in [-0.2, -0.15) is 11.8 Å². The van der Waals surface area contributed by atoms with E-state index in [1.165, 1.54) is 0 Å². The minimum absolute atomic E-state index is 0.0587. The summed E-state index contributed by atoms with van der Waals surface area (Å²) in [5, 5.41) is 29.7. The van der Waals surface area contributed by atoms with Crippen molar-refractivity contribution in [1.29, 1.82) is 0 Å². The molecular formula is C24H34O6S. The molecule has 6 nitrogen and oxygen atoms in total. The maximum Gasteiger partial charge on any atom is 0.306 e. The summed E-state index contributed by atoms with van der Waals surface area (Å²) >= 11 is 1.64.